The summed E-state index contributed by atoms with van der Waals surface area (Å²) in [6.07, 6.45) is 8.31. The standard InChI is InChI=1S/C17H27NO/c1-13(15-8-5-3-4-6-9-15)18-14(2)16-10-7-11-17(19)12-16/h7,10-15,18-19H,3-6,8-9H2,1-2H3/t13-,14?/m1/s1. The molecule has 0 spiro atoms. The van der Waals surface area contributed by atoms with Gasteiger partial charge < -0.3 is 10.4 Å². The highest BCUT2D eigenvalue weighted by atomic mass is 16.3. The van der Waals surface area contributed by atoms with E-state index in [1.807, 2.05) is 12.1 Å². The van der Waals surface area contributed by atoms with Gasteiger partial charge in [0.15, 0.2) is 0 Å². The number of nitrogens with one attached hydrogen (secondary N) is 1. The Kier molecular flexibility index (Phi) is 5.26. The largest absolute Gasteiger partial charge is 0.508 e. The van der Waals surface area contributed by atoms with Crippen molar-refractivity contribution in [2.24, 2.45) is 5.92 Å². The van der Waals surface area contributed by atoms with Gasteiger partial charge in [-0.2, -0.15) is 0 Å². The van der Waals surface area contributed by atoms with Crippen molar-refractivity contribution >= 4 is 0 Å². The fourth-order valence-electron chi connectivity index (χ4n) is 3.23. The lowest BCUT2D eigenvalue weighted by atomic mass is 9.92. The van der Waals surface area contributed by atoms with Gasteiger partial charge in [0.1, 0.15) is 5.75 Å². The normalized spacial score (nSPS) is 20.7. The highest BCUT2D eigenvalue weighted by molar-refractivity contribution is 5.29. The zero-order valence-electron chi connectivity index (χ0n) is 12.2. The molecule has 0 heterocycles. The third-order valence-corrected chi connectivity index (χ3v) is 4.49. The Hall–Kier alpha value is -1.02. The minimum Gasteiger partial charge on any atom is -0.508 e. The molecule has 0 radical (unpaired) electrons. The van der Waals surface area contributed by atoms with Gasteiger partial charge >= 0.3 is 0 Å². The molecular weight excluding hydrogens is 234 g/mol. The van der Waals surface area contributed by atoms with Gasteiger partial charge in [-0.1, -0.05) is 37.8 Å². The number of phenols is 1. The van der Waals surface area contributed by atoms with Crippen LogP contribution in [0.3, 0.4) is 0 Å². The topological polar surface area (TPSA) is 32.3 Å². The predicted octanol–water partition coefficient (Wildman–Crippen LogP) is 4.40. The number of phenolic OH excluding ortho intramolecular Hbond substituents is 1. The third kappa shape index (κ3) is 4.24. The summed E-state index contributed by atoms with van der Waals surface area (Å²) >= 11 is 0. The summed E-state index contributed by atoms with van der Waals surface area (Å²) in [5.41, 5.74) is 1.17. The smallest absolute Gasteiger partial charge is 0.115 e. The molecule has 2 N–H and O–H groups in total. The van der Waals surface area contributed by atoms with Crippen molar-refractivity contribution in [2.45, 2.75) is 64.5 Å². The van der Waals surface area contributed by atoms with Crippen LogP contribution >= 0.6 is 0 Å². The second-order valence-corrected chi connectivity index (χ2v) is 6.02. The minimum absolute atomic E-state index is 0.297. The van der Waals surface area contributed by atoms with Crippen LogP contribution in [0.5, 0.6) is 5.75 Å². The molecule has 106 valence electrons. The predicted molar refractivity (Wildman–Crippen MR) is 80.3 cm³/mol. The number of hydrogen-bond donors (Lipinski definition) is 2. The molecule has 1 unspecified atom stereocenters. The van der Waals surface area contributed by atoms with Gasteiger partial charge in [0.2, 0.25) is 0 Å². The molecule has 2 rings (SSSR count). The molecule has 0 aliphatic heterocycles. The van der Waals surface area contributed by atoms with Crippen molar-refractivity contribution in [1.82, 2.24) is 5.32 Å². The monoisotopic (exact) mass is 261 g/mol. The Bertz CT molecular complexity index is 383. The summed E-state index contributed by atoms with van der Waals surface area (Å²) in [6.45, 7) is 4.50. The number of hydrogen-bond acceptors (Lipinski definition) is 2. The zero-order chi connectivity index (χ0) is 13.7. The molecule has 1 fully saturated rings. The summed E-state index contributed by atoms with van der Waals surface area (Å²) in [4.78, 5) is 0. The van der Waals surface area contributed by atoms with E-state index in [2.05, 4.69) is 25.2 Å². The zero-order valence-corrected chi connectivity index (χ0v) is 12.2. The highest BCUT2D eigenvalue weighted by Gasteiger charge is 2.20. The first-order valence-corrected chi connectivity index (χ1v) is 7.72. The Morgan fingerprint density at radius 1 is 1.11 bits per heavy atom. The summed E-state index contributed by atoms with van der Waals surface area (Å²) in [7, 11) is 0. The fourth-order valence-corrected chi connectivity index (χ4v) is 3.23. The Labute approximate surface area is 117 Å². The summed E-state index contributed by atoms with van der Waals surface area (Å²) < 4.78 is 0. The van der Waals surface area contributed by atoms with E-state index in [9.17, 15) is 5.11 Å². The van der Waals surface area contributed by atoms with Crippen LogP contribution in [0.1, 0.15) is 64.0 Å². The Morgan fingerprint density at radius 2 is 1.79 bits per heavy atom. The molecule has 1 aliphatic rings. The lowest BCUT2D eigenvalue weighted by Gasteiger charge is -2.27. The average molecular weight is 261 g/mol. The molecule has 0 bridgehead atoms. The highest BCUT2D eigenvalue weighted by Crippen LogP contribution is 2.27. The molecular formula is C17H27NO. The van der Waals surface area contributed by atoms with E-state index in [0.29, 0.717) is 17.8 Å². The van der Waals surface area contributed by atoms with Crippen LogP contribution in [0.25, 0.3) is 0 Å². The van der Waals surface area contributed by atoms with Crippen molar-refractivity contribution in [2.75, 3.05) is 0 Å². The number of rotatable bonds is 4. The van der Waals surface area contributed by atoms with E-state index in [1.54, 1.807) is 6.07 Å². The van der Waals surface area contributed by atoms with Crippen molar-refractivity contribution < 1.29 is 5.11 Å². The molecule has 19 heavy (non-hydrogen) atoms. The molecule has 1 aliphatic carbocycles. The fraction of sp³-hybridized carbons (Fsp3) is 0.647. The lowest BCUT2D eigenvalue weighted by molar-refractivity contribution is 0.316. The van der Waals surface area contributed by atoms with Gasteiger partial charge in [-0.25, -0.2) is 0 Å². The molecule has 2 atom stereocenters. The molecule has 0 amide bonds. The van der Waals surface area contributed by atoms with Crippen molar-refractivity contribution in [3.8, 4) is 5.75 Å². The molecule has 1 aromatic carbocycles. The maximum Gasteiger partial charge on any atom is 0.115 e. The van der Waals surface area contributed by atoms with Crippen LogP contribution in [0.2, 0.25) is 0 Å². The van der Waals surface area contributed by atoms with E-state index in [4.69, 9.17) is 0 Å². The first-order chi connectivity index (χ1) is 9.16. The van der Waals surface area contributed by atoms with Gasteiger partial charge in [0.05, 0.1) is 0 Å². The second-order valence-electron chi connectivity index (χ2n) is 6.02. The molecule has 2 nitrogen and oxygen atoms in total. The van der Waals surface area contributed by atoms with Crippen molar-refractivity contribution in [1.29, 1.82) is 0 Å². The van der Waals surface area contributed by atoms with Crippen LogP contribution in [-0.4, -0.2) is 11.1 Å². The molecule has 1 aromatic rings. The Morgan fingerprint density at radius 3 is 2.42 bits per heavy atom. The van der Waals surface area contributed by atoms with E-state index in [1.165, 1.54) is 44.1 Å². The van der Waals surface area contributed by atoms with Crippen LogP contribution in [-0.2, 0) is 0 Å². The maximum absolute atomic E-state index is 9.55. The van der Waals surface area contributed by atoms with Gasteiger partial charge in [0.25, 0.3) is 0 Å². The average Bonchev–Trinajstić information content (AvgIpc) is 2.67. The molecule has 2 heteroatoms. The van der Waals surface area contributed by atoms with E-state index in [-0.39, 0.29) is 0 Å². The van der Waals surface area contributed by atoms with Crippen molar-refractivity contribution in [3.63, 3.8) is 0 Å². The first-order valence-electron chi connectivity index (χ1n) is 7.72. The molecule has 1 saturated carbocycles. The molecule has 0 saturated heterocycles. The van der Waals surface area contributed by atoms with Gasteiger partial charge in [-0.3, -0.25) is 0 Å². The van der Waals surface area contributed by atoms with Gasteiger partial charge in [-0.05, 0) is 50.3 Å². The van der Waals surface area contributed by atoms with E-state index < -0.39 is 0 Å². The van der Waals surface area contributed by atoms with Crippen LogP contribution in [0.4, 0.5) is 0 Å². The quantitative estimate of drug-likeness (QED) is 0.787. The summed E-state index contributed by atoms with van der Waals surface area (Å²) in [6, 6.07) is 8.43. The lowest BCUT2D eigenvalue weighted by Crippen LogP contribution is -2.35. The third-order valence-electron chi connectivity index (χ3n) is 4.49. The summed E-state index contributed by atoms with van der Waals surface area (Å²) in [5.74, 6) is 1.16. The SMILES string of the molecule is CC(N[C@H](C)C1CCCCCC1)c1cccc(O)c1. The number of benzene rings is 1. The second kappa shape index (κ2) is 6.95. The first kappa shape index (κ1) is 14.4. The van der Waals surface area contributed by atoms with Crippen molar-refractivity contribution in [3.05, 3.63) is 29.8 Å². The van der Waals surface area contributed by atoms with Gasteiger partial charge in [0, 0.05) is 12.1 Å². The van der Waals surface area contributed by atoms with E-state index >= 15 is 0 Å². The van der Waals surface area contributed by atoms with Crippen LogP contribution < -0.4 is 5.32 Å². The van der Waals surface area contributed by atoms with E-state index in [0.717, 1.165) is 5.92 Å². The van der Waals surface area contributed by atoms with Gasteiger partial charge in [-0.15, -0.1) is 0 Å². The Balaban J connectivity index is 1.92. The van der Waals surface area contributed by atoms with Crippen LogP contribution in [0.15, 0.2) is 24.3 Å². The summed E-state index contributed by atoms with van der Waals surface area (Å²) in [5, 5.41) is 13.3. The van der Waals surface area contributed by atoms with Crippen LogP contribution in [0, 0.1) is 5.92 Å². The maximum atomic E-state index is 9.55. The minimum atomic E-state index is 0.297. The number of aromatic hydroxyl groups is 1. The molecule has 0 aromatic heterocycles.